The van der Waals surface area contributed by atoms with E-state index in [0.717, 1.165) is 36.2 Å². The molecule has 6 nitrogen and oxygen atoms in total. The zero-order chi connectivity index (χ0) is 21.4. The number of para-hydroxylation sites is 2. The van der Waals surface area contributed by atoms with Gasteiger partial charge < -0.3 is 9.72 Å². The van der Waals surface area contributed by atoms with Crippen molar-refractivity contribution in [1.29, 1.82) is 0 Å². The number of nitrogens with one attached hydrogen (secondary N) is 1. The molecule has 2 aromatic heterocycles. The zero-order valence-corrected chi connectivity index (χ0v) is 18.4. The molecule has 0 aliphatic carbocycles. The molecule has 0 saturated carbocycles. The summed E-state index contributed by atoms with van der Waals surface area (Å²) in [5.74, 6) is 0. The monoisotopic (exact) mass is 408 g/mol. The summed E-state index contributed by atoms with van der Waals surface area (Å²) in [5.41, 5.74) is 3.78. The van der Waals surface area contributed by atoms with Crippen molar-refractivity contribution in [3.05, 3.63) is 64.3 Å². The van der Waals surface area contributed by atoms with Crippen LogP contribution < -0.4 is 5.69 Å². The minimum atomic E-state index is -0.139. The second kappa shape index (κ2) is 8.00. The number of hydrogen-bond donors (Lipinski definition) is 1. The van der Waals surface area contributed by atoms with Crippen LogP contribution in [0, 0.1) is 12.3 Å². The van der Waals surface area contributed by atoms with Gasteiger partial charge in [-0.15, -0.1) is 0 Å². The smallest absolute Gasteiger partial charge is 0.326 e. The number of H-pyrrole nitrogens is 1. The molecule has 1 saturated heterocycles. The average molecular weight is 409 g/mol. The van der Waals surface area contributed by atoms with Gasteiger partial charge in [-0.25, -0.2) is 4.79 Å². The summed E-state index contributed by atoms with van der Waals surface area (Å²) >= 11 is 0. The van der Waals surface area contributed by atoms with E-state index in [1.54, 1.807) is 0 Å². The summed E-state index contributed by atoms with van der Waals surface area (Å²) in [6, 6.07) is 12.2. The van der Waals surface area contributed by atoms with Gasteiger partial charge in [0.1, 0.15) is 0 Å². The third-order valence-corrected chi connectivity index (χ3v) is 6.63. The molecule has 3 aromatic rings. The molecule has 1 atom stereocenters. The number of likely N-dealkylation sites (tertiary alicyclic amines) is 1. The minimum absolute atomic E-state index is 0.0486. The van der Waals surface area contributed by atoms with Crippen LogP contribution >= 0.6 is 0 Å². The van der Waals surface area contributed by atoms with Crippen LogP contribution in [0.1, 0.15) is 38.4 Å². The maximum absolute atomic E-state index is 12.7. The lowest BCUT2D eigenvalue weighted by Crippen LogP contribution is -2.44. The van der Waals surface area contributed by atoms with Crippen molar-refractivity contribution in [2.24, 2.45) is 5.41 Å². The maximum atomic E-state index is 12.7. The van der Waals surface area contributed by atoms with Crippen molar-refractivity contribution in [1.82, 2.24) is 19.4 Å². The van der Waals surface area contributed by atoms with Crippen molar-refractivity contribution in [3.63, 3.8) is 0 Å². The van der Waals surface area contributed by atoms with E-state index < -0.39 is 0 Å². The Hall–Kier alpha value is -2.44. The Morgan fingerprint density at radius 2 is 2.03 bits per heavy atom. The first-order valence-corrected chi connectivity index (χ1v) is 10.8. The first-order valence-electron chi connectivity index (χ1n) is 10.8. The predicted molar refractivity (Wildman–Crippen MR) is 120 cm³/mol. The van der Waals surface area contributed by atoms with Gasteiger partial charge in [0.05, 0.1) is 17.6 Å². The van der Waals surface area contributed by atoms with Crippen molar-refractivity contribution in [2.45, 2.75) is 46.2 Å². The Kier molecular flexibility index (Phi) is 5.55. The van der Waals surface area contributed by atoms with Crippen LogP contribution in [0.2, 0.25) is 0 Å². The summed E-state index contributed by atoms with van der Waals surface area (Å²) in [6.07, 6.45) is 2.98. The summed E-state index contributed by atoms with van der Waals surface area (Å²) in [4.78, 5) is 22.7. The standard InChI is InChI=1S/C24H32N4O2/c1-5-30-17-24(16-28-21-9-7-6-8-20(21)26-22(28)29)12-13-27(15-24)23(3,4)19-11-10-18(2)25-14-19/h6-11,14H,5,12-13,15-17H2,1-4H3,(H,26,29). The summed E-state index contributed by atoms with van der Waals surface area (Å²) in [7, 11) is 0. The first-order chi connectivity index (χ1) is 14.3. The zero-order valence-electron chi connectivity index (χ0n) is 18.4. The molecule has 0 radical (unpaired) electrons. The van der Waals surface area contributed by atoms with E-state index in [1.165, 1.54) is 5.56 Å². The van der Waals surface area contributed by atoms with Crippen LogP contribution in [0.4, 0.5) is 0 Å². The van der Waals surface area contributed by atoms with E-state index in [2.05, 4.69) is 40.8 Å². The number of imidazole rings is 1. The largest absolute Gasteiger partial charge is 0.381 e. The number of aromatic amines is 1. The lowest BCUT2D eigenvalue weighted by Gasteiger charge is -2.38. The number of aromatic nitrogens is 3. The van der Waals surface area contributed by atoms with E-state index >= 15 is 0 Å². The number of nitrogens with zero attached hydrogens (tertiary/aromatic N) is 3. The highest BCUT2D eigenvalue weighted by molar-refractivity contribution is 5.74. The number of hydrogen-bond acceptors (Lipinski definition) is 4. The molecule has 4 rings (SSSR count). The van der Waals surface area contributed by atoms with E-state index in [9.17, 15) is 4.79 Å². The lowest BCUT2D eigenvalue weighted by molar-refractivity contribution is 0.0334. The van der Waals surface area contributed by atoms with Crippen LogP contribution in [-0.2, 0) is 16.8 Å². The number of benzene rings is 1. The maximum Gasteiger partial charge on any atom is 0.326 e. The summed E-state index contributed by atoms with van der Waals surface area (Å²) in [5, 5.41) is 0. The molecule has 1 aromatic carbocycles. The average Bonchev–Trinajstić information content (AvgIpc) is 3.29. The Bertz CT molecular complexity index is 1070. The molecule has 30 heavy (non-hydrogen) atoms. The Balaban J connectivity index is 1.64. The van der Waals surface area contributed by atoms with E-state index in [4.69, 9.17) is 4.74 Å². The van der Waals surface area contributed by atoms with E-state index in [0.29, 0.717) is 19.8 Å². The molecule has 0 spiro atoms. The van der Waals surface area contributed by atoms with Crippen LogP contribution in [0.25, 0.3) is 11.0 Å². The van der Waals surface area contributed by atoms with Crippen molar-refractivity contribution in [2.75, 3.05) is 26.3 Å². The normalized spacial score (nSPS) is 20.3. The molecule has 3 heterocycles. The van der Waals surface area contributed by atoms with Gasteiger partial charge in [0.15, 0.2) is 0 Å². The Morgan fingerprint density at radius 1 is 1.23 bits per heavy atom. The molecule has 1 fully saturated rings. The summed E-state index contributed by atoms with van der Waals surface area (Å²) < 4.78 is 7.83. The number of fused-ring (bicyclic) bond motifs is 1. The molecule has 0 bridgehead atoms. The van der Waals surface area contributed by atoms with Crippen LogP contribution in [0.5, 0.6) is 0 Å². The van der Waals surface area contributed by atoms with Gasteiger partial charge in [0.25, 0.3) is 0 Å². The van der Waals surface area contributed by atoms with E-state index in [-0.39, 0.29) is 16.6 Å². The molecule has 1 N–H and O–H groups in total. The van der Waals surface area contributed by atoms with E-state index in [1.807, 2.05) is 48.9 Å². The Morgan fingerprint density at radius 3 is 2.77 bits per heavy atom. The molecule has 0 amide bonds. The molecule has 1 unspecified atom stereocenters. The fraction of sp³-hybridized carbons (Fsp3) is 0.500. The van der Waals surface area contributed by atoms with Crippen LogP contribution in [-0.4, -0.2) is 45.7 Å². The van der Waals surface area contributed by atoms with Gasteiger partial charge in [-0.2, -0.15) is 0 Å². The van der Waals surface area contributed by atoms with Crippen molar-refractivity contribution in [3.8, 4) is 0 Å². The molecular formula is C24H32N4O2. The molecule has 1 aliphatic rings. The lowest BCUT2D eigenvalue weighted by atomic mass is 9.87. The fourth-order valence-corrected chi connectivity index (χ4v) is 4.63. The minimum Gasteiger partial charge on any atom is -0.381 e. The van der Waals surface area contributed by atoms with Gasteiger partial charge in [0.2, 0.25) is 0 Å². The topological polar surface area (TPSA) is 63.1 Å². The van der Waals surface area contributed by atoms with Gasteiger partial charge >= 0.3 is 5.69 Å². The predicted octanol–water partition coefficient (Wildman–Crippen LogP) is 3.70. The second-order valence-corrected chi connectivity index (χ2v) is 9.09. The van der Waals surface area contributed by atoms with Gasteiger partial charge in [0, 0.05) is 42.5 Å². The Labute approximate surface area is 177 Å². The molecular weight excluding hydrogens is 376 g/mol. The molecule has 6 heteroatoms. The van der Waals surface area contributed by atoms with Crippen molar-refractivity contribution >= 4 is 11.0 Å². The first kappa shape index (κ1) is 20.8. The van der Waals surface area contributed by atoms with Crippen LogP contribution in [0.3, 0.4) is 0 Å². The summed E-state index contributed by atoms with van der Waals surface area (Å²) in [6.45, 7) is 12.4. The van der Waals surface area contributed by atoms with Gasteiger partial charge in [-0.1, -0.05) is 18.2 Å². The SMILES string of the molecule is CCOCC1(Cn2c(=O)[nH]c3ccccc32)CCN(C(C)(C)c2ccc(C)nc2)C1. The third kappa shape index (κ3) is 3.82. The molecule has 160 valence electrons. The number of ether oxygens (including phenoxy) is 1. The third-order valence-electron chi connectivity index (χ3n) is 6.63. The molecule has 1 aliphatic heterocycles. The number of rotatable bonds is 7. The highest BCUT2D eigenvalue weighted by Crippen LogP contribution is 2.40. The fourth-order valence-electron chi connectivity index (χ4n) is 4.63. The number of aryl methyl sites for hydroxylation is 1. The van der Waals surface area contributed by atoms with Crippen LogP contribution in [0.15, 0.2) is 47.4 Å². The van der Waals surface area contributed by atoms with Gasteiger partial charge in [-0.05, 0) is 64.4 Å². The van der Waals surface area contributed by atoms with Crippen molar-refractivity contribution < 1.29 is 4.74 Å². The highest BCUT2D eigenvalue weighted by atomic mass is 16.5. The highest BCUT2D eigenvalue weighted by Gasteiger charge is 2.44. The van der Waals surface area contributed by atoms with Gasteiger partial charge in [-0.3, -0.25) is 14.5 Å². The second-order valence-electron chi connectivity index (χ2n) is 9.09. The number of pyridine rings is 1. The quantitative estimate of drug-likeness (QED) is 0.648.